The second-order valence-corrected chi connectivity index (χ2v) is 9.01. The maximum atomic E-state index is 13.2. The van der Waals surface area contributed by atoms with E-state index in [2.05, 4.69) is 47.2 Å². The second-order valence-electron chi connectivity index (χ2n) is 9.01. The fourth-order valence-electron chi connectivity index (χ4n) is 5.49. The number of hydrogen-bond donors (Lipinski definition) is 0. The lowest BCUT2D eigenvalue weighted by Crippen LogP contribution is -2.08. The number of fused-ring (bicyclic) bond motifs is 6. The van der Waals surface area contributed by atoms with Gasteiger partial charge < -0.3 is 9.13 Å². The van der Waals surface area contributed by atoms with Crippen LogP contribution in [0.25, 0.3) is 43.6 Å². The molecule has 0 radical (unpaired) electrons. The fourth-order valence-corrected chi connectivity index (χ4v) is 5.49. The van der Waals surface area contributed by atoms with Gasteiger partial charge in [-0.3, -0.25) is 9.59 Å². The summed E-state index contributed by atoms with van der Waals surface area (Å²) in [5.41, 5.74) is 5.68. The van der Waals surface area contributed by atoms with Crippen LogP contribution in [0.2, 0.25) is 0 Å². The molecule has 0 saturated carbocycles. The van der Waals surface area contributed by atoms with Crippen LogP contribution < -0.4 is 0 Å². The smallest absolute Gasteiger partial charge is 0.170 e. The summed E-state index contributed by atoms with van der Waals surface area (Å²) in [6.45, 7) is 5.95. The van der Waals surface area contributed by atoms with Gasteiger partial charge in [-0.05, 0) is 62.4 Å². The second kappa shape index (κ2) is 8.24. The van der Waals surface area contributed by atoms with Crippen LogP contribution in [0.3, 0.4) is 0 Å². The molecular weight excluding hydrogens is 432 g/mol. The molecule has 0 saturated heterocycles. The number of aryl methyl sites for hydroxylation is 2. The van der Waals surface area contributed by atoms with Gasteiger partial charge in [0.25, 0.3) is 0 Å². The number of aromatic nitrogens is 2. The Hall–Kier alpha value is -4.18. The lowest BCUT2D eigenvalue weighted by molar-refractivity contribution is 0.0894. The molecule has 4 nitrogen and oxygen atoms in total. The highest BCUT2D eigenvalue weighted by Gasteiger charge is 2.18. The van der Waals surface area contributed by atoms with Crippen LogP contribution in [-0.4, -0.2) is 20.7 Å². The van der Waals surface area contributed by atoms with Crippen molar-refractivity contribution in [2.24, 2.45) is 0 Å². The molecule has 172 valence electrons. The first-order valence-electron chi connectivity index (χ1n) is 12.2. The number of hydrogen-bond acceptors (Lipinski definition) is 2. The zero-order chi connectivity index (χ0) is 24.1. The molecule has 0 aliphatic rings. The van der Waals surface area contributed by atoms with E-state index in [1.165, 1.54) is 0 Å². The average molecular weight is 459 g/mol. The summed E-state index contributed by atoms with van der Waals surface area (Å²) in [7, 11) is 0. The molecule has 6 aromatic rings. The molecule has 0 atom stereocenters. The maximum Gasteiger partial charge on any atom is 0.170 e. The van der Waals surface area contributed by atoms with E-state index in [1.807, 2.05) is 60.7 Å². The fraction of sp³-hybridized carbons (Fsp3) is 0.161. The Morgan fingerprint density at radius 1 is 0.543 bits per heavy atom. The molecule has 6 rings (SSSR count). The van der Waals surface area contributed by atoms with Gasteiger partial charge in [0, 0.05) is 67.8 Å². The lowest BCUT2D eigenvalue weighted by Gasteiger charge is -2.06. The zero-order valence-corrected chi connectivity index (χ0v) is 19.9. The Morgan fingerprint density at radius 3 is 1.37 bits per heavy atom. The summed E-state index contributed by atoms with van der Waals surface area (Å²) in [5, 5.41) is 4.36. The highest BCUT2D eigenvalue weighted by molar-refractivity contribution is 6.18. The summed E-state index contributed by atoms with van der Waals surface area (Å²) in [4.78, 5) is 26.4. The van der Waals surface area contributed by atoms with Gasteiger partial charge >= 0.3 is 0 Å². The third kappa shape index (κ3) is 3.28. The Balaban J connectivity index is 1.35. The van der Waals surface area contributed by atoms with E-state index in [9.17, 15) is 9.59 Å². The van der Waals surface area contributed by atoms with E-state index in [0.29, 0.717) is 11.1 Å². The molecule has 2 aromatic heterocycles. The maximum absolute atomic E-state index is 13.2. The number of rotatable bonds is 6. The van der Waals surface area contributed by atoms with Crippen molar-refractivity contribution in [1.82, 2.24) is 9.13 Å². The number of carbonyl (C=O) groups excluding carboxylic acids is 2. The van der Waals surface area contributed by atoms with E-state index in [1.54, 1.807) is 0 Å². The number of ketones is 2. The minimum absolute atomic E-state index is 0.143. The molecular formula is C31H26N2O2. The number of para-hydroxylation sites is 2. The molecule has 0 aliphatic carbocycles. The third-order valence-corrected chi connectivity index (χ3v) is 7.14. The molecule has 0 amide bonds. The van der Waals surface area contributed by atoms with Gasteiger partial charge in [0.15, 0.2) is 11.6 Å². The van der Waals surface area contributed by atoms with Crippen molar-refractivity contribution < 1.29 is 9.59 Å². The summed E-state index contributed by atoms with van der Waals surface area (Å²) < 4.78 is 4.51. The molecule has 0 aliphatic heterocycles. The van der Waals surface area contributed by atoms with Crippen molar-refractivity contribution in [1.29, 1.82) is 0 Å². The number of carbonyl (C=O) groups is 2. The highest BCUT2D eigenvalue weighted by atomic mass is 16.1. The van der Waals surface area contributed by atoms with Crippen LogP contribution in [-0.2, 0) is 13.1 Å². The molecule has 0 spiro atoms. The first-order valence-corrected chi connectivity index (χ1v) is 12.2. The van der Waals surface area contributed by atoms with Crippen LogP contribution in [0.15, 0.2) is 84.9 Å². The van der Waals surface area contributed by atoms with Gasteiger partial charge in [-0.25, -0.2) is 0 Å². The molecule has 4 heteroatoms. The zero-order valence-electron chi connectivity index (χ0n) is 19.9. The first-order chi connectivity index (χ1) is 17.1. The van der Waals surface area contributed by atoms with E-state index in [4.69, 9.17) is 0 Å². The number of Topliss-reactive ketones (excluding diaryl/α,β-unsaturated/α-hetero) is 2. The normalized spacial score (nSPS) is 11.7. The molecule has 35 heavy (non-hydrogen) atoms. The Labute approximate surface area is 203 Å². The molecule has 2 heterocycles. The Morgan fingerprint density at radius 2 is 0.943 bits per heavy atom. The summed E-state index contributed by atoms with van der Waals surface area (Å²) in [6.07, 6.45) is -0.143. The van der Waals surface area contributed by atoms with Crippen molar-refractivity contribution >= 4 is 55.2 Å². The van der Waals surface area contributed by atoms with Gasteiger partial charge in [0.05, 0.1) is 6.42 Å². The molecule has 0 bridgehead atoms. The van der Waals surface area contributed by atoms with Crippen molar-refractivity contribution in [2.75, 3.05) is 0 Å². The lowest BCUT2D eigenvalue weighted by atomic mass is 9.99. The topological polar surface area (TPSA) is 44.0 Å². The van der Waals surface area contributed by atoms with Gasteiger partial charge in [-0.15, -0.1) is 0 Å². The average Bonchev–Trinajstić information content (AvgIpc) is 3.39. The standard InChI is InChI=1S/C31H26N2O2/c1-3-32-26-11-7-5-9-22(26)24-17-20(13-15-28(24)32)30(34)19-31(35)21-14-16-29-25(18-21)23-10-6-8-12-27(23)33(29)4-2/h5-18H,3-4,19H2,1-2H3. The molecule has 4 aromatic carbocycles. The van der Waals surface area contributed by atoms with Crippen LogP contribution in [0.1, 0.15) is 41.0 Å². The van der Waals surface area contributed by atoms with Crippen LogP contribution in [0.5, 0.6) is 0 Å². The largest absolute Gasteiger partial charge is 0.341 e. The summed E-state index contributed by atoms with van der Waals surface area (Å²) in [5.74, 6) is -0.303. The van der Waals surface area contributed by atoms with Gasteiger partial charge in [-0.2, -0.15) is 0 Å². The predicted molar refractivity (Wildman–Crippen MR) is 144 cm³/mol. The minimum Gasteiger partial charge on any atom is -0.341 e. The quantitative estimate of drug-likeness (QED) is 0.193. The number of benzene rings is 4. The van der Waals surface area contributed by atoms with Crippen LogP contribution in [0.4, 0.5) is 0 Å². The van der Waals surface area contributed by atoms with E-state index in [-0.39, 0.29) is 18.0 Å². The minimum atomic E-state index is -0.152. The highest BCUT2D eigenvalue weighted by Crippen LogP contribution is 2.31. The van der Waals surface area contributed by atoms with E-state index < -0.39 is 0 Å². The number of nitrogens with zero attached hydrogens (tertiary/aromatic N) is 2. The van der Waals surface area contributed by atoms with Crippen molar-refractivity contribution in [3.05, 3.63) is 96.1 Å². The summed E-state index contributed by atoms with van der Waals surface area (Å²) in [6, 6.07) is 28.1. The van der Waals surface area contributed by atoms with E-state index in [0.717, 1.165) is 56.7 Å². The van der Waals surface area contributed by atoms with Crippen molar-refractivity contribution in [3.8, 4) is 0 Å². The SMILES string of the molecule is CCn1c2ccccc2c2cc(C(=O)CC(=O)c3ccc4c(c3)c3ccccc3n4CC)ccc21. The predicted octanol–water partition coefficient (Wildman–Crippen LogP) is 7.40. The van der Waals surface area contributed by atoms with Crippen LogP contribution in [0, 0.1) is 0 Å². The first kappa shape index (κ1) is 21.4. The molecule has 0 N–H and O–H groups in total. The monoisotopic (exact) mass is 458 g/mol. The van der Waals surface area contributed by atoms with Gasteiger partial charge in [0.2, 0.25) is 0 Å². The Kier molecular flexibility index (Phi) is 5.03. The Bertz CT molecular complexity index is 1650. The molecule has 0 unspecified atom stereocenters. The van der Waals surface area contributed by atoms with Crippen molar-refractivity contribution in [2.45, 2.75) is 33.4 Å². The van der Waals surface area contributed by atoms with Gasteiger partial charge in [-0.1, -0.05) is 36.4 Å². The molecule has 0 fully saturated rings. The third-order valence-electron chi connectivity index (χ3n) is 7.14. The van der Waals surface area contributed by atoms with Gasteiger partial charge in [0.1, 0.15) is 0 Å². The van der Waals surface area contributed by atoms with E-state index >= 15 is 0 Å². The van der Waals surface area contributed by atoms with Crippen LogP contribution >= 0.6 is 0 Å². The summed E-state index contributed by atoms with van der Waals surface area (Å²) >= 11 is 0. The van der Waals surface area contributed by atoms with Crippen molar-refractivity contribution in [3.63, 3.8) is 0 Å².